The number of aromatic nitrogens is 4. The number of ether oxygens (including phenoxy) is 1. The molecule has 2 fully saturated rings. The summed E-state index contributed by atoms with van der Waals surface area (Å²) in [5.41, 5.74) is 3.13. The monoisotopic (exact) mass is 446 g/mol. The minimum Gasteiger partial charge on any atom is -0.378 e. The van der Waals surface area contributed by atoms with Crippen LogP contribution in [-0.4, -0.2) is 65.3 Å². The highest BCUT2D eigenvalue weighted by atomic mass is 35.5. The normalized spacial score (nSPS) is 21.8. The van der Waals surface area contributed by atoms with Crippen LogP contribution in [0.5, 0.6) is 0 Å². The molecule has 31 heavy (non-hydrogen) atoms. The van der Waals surface area contributed by atoms with Crippen molar-refractivity contribution >= 4 is 29.1 Å². The number of alkyl halides is 1. The molecule has 0 saturated carbocycles. The molecule has 1 aromatic carbocycles. The van der Waals surface area contributed by atoms with E-state index in [0.29, 0.717) is 25.6 Å². The summed E-state index contributed by atoms with van der Waals surface area (Å²) in [4.78, 5) is 11.5. The van der Waals surface area contributed by atoms with Gasteiger partial charge in [-0.2, -0.15) is 5.10 Å². The van der Waals surface area contributed by atoms with Crippen molar-refractivity contribution in [1.82, 2.24) is 25.1 Å². The summed E-state index contributed by atoms with van der Waals surface area (Å²) in [7, 11) is 0. The summed E-state index contributed by atoms with van der Waals surface area (Å²) >= 11 is 0. The molecule has 0 aliphatic carbocycles. The molecule has 2 atom stereocenters. The Kier molecular flexibility index (Phi) is 6.41. The van der Waals surface area contributed by atoms with Crippen molar-refractivity contribution in [2.75, 3.05) is 44.3 Å². The van der Waals surface area contributed by atoms with Gasteiger partial charge in [0.05, 0.1) is 24.9 Å². The number of fused-ring (bicyclic) bond motifs is 1. The molecule has 9 heteroatoms. The maximum Gasteiger partial charge on any atom is 0.159 e. The Balaban J connectivity index is 0.00000231. The molecular formula is C22H28ClFN6O. The van der Waals surface area contributed by atoms with E-state index in [-0.39, 0.29) is 18.3 Å². The van der Waals surface area contributed by atoms with Crippen molar-refractivity contribution in [1.29, 1.82) is 0 Å². The lowest BCUT2D eigenvalue weighted by Gasteiger charge is -2.28. The van der Waals surface area contributed by atoms with Gasteiger partial charge in [0, 0.05) is 37.0 Å². The first-order valence-electron chi connectivity index (χ1n) is 10.6. The lowest BCUT2D eigenvalue weighted by atomic mass is 9.85. The van der Waals surface area contributed by atoms with Gasteiger partial charge in [0.25, 0.3) is 0 Å². The number of anilines is 1. The Hall–Kier alpha value is -2.29. The van der Waals surface area contributed by atoms with Crippen LogP contribution in [0.4, 0.5) is 10.2 Å². The smallest absolute Gasteiger partial charge is 0.159 e. The van der Waals surface area contributed by atoms with Gasteiger partial charge in [-0.3, -0.25) is 0 Å². The number of halogens is 2. The maximum absolute atomic E-state index is 14.7. The van der Waals surface area contributed by atoms with Crippen LogP contribution in [0.15, 0.2) is 24.4 Å². The van der Waals surface area contributed by atoms with Crippen molar-refractivity contribution in [3.8, 4) is 5.82 Å². The maximum atomic E-state index is 14.7. The number of hydrogen-bond acceptors (Lipinski definition) is 6. The quantitative estimate of drug-likeness (QED) is 0.666. The molecule has 0 amide bonds. The molecule has 4 heterocycles. The third-order valence-corrected chi connectivity index (χ3v) is 6.13. The van der Waals surface area contributed by atoms with Crippen LogP contribution >= 0.6 is 12.4 Å². The molecule has 2 aliphatic heterocycles. The van der Waals surface area contributed by atoms with Crippen molar-refractivity contribution in [2.45, 2.75) is 32.4 Å². The zero-order chi connectivity index (χ0) is 20.7. The third kappa shape index (κ3) is 4.24. The topological polar surface area (TPSA) is 68.1 Å². The van der Waals surface area contributed by atoms with E-state index in [2.05, 4.69) is 44.3 Å². The second kappa shape index (κ2) is 9.06. The summed E-state index contributed by atoms with van der Waals surface area (Å²) < 4.78 is 22.0. The lowest BCUT2D eigenvalue weighted by molar-refractivity contribution is 0.122. The second-order valence-electron chi connectivity index (χ2n) is 8.17. The molecular weight excluding hydrogens is 419 g/mol. The molecule has 2 saturated heterocycles. The molecule has 2 unspecified atom stereocenters. The Morgan fingerprint density at radius 2 is 1.87 bits per heavy atom. The minimum atomic E-state index is -0.875. The highest BCUT2D eigenvalue weighted by Gasteiger charge is 2.28. The van der Waals surface area contributed by atoms with E-state index in [0.717, 1.165) is 59.7 Å². The van der Waals surface area contributed by atoms with E-state index in [1.165, 1.54) is 0 Å². The van der Waals surface area contributed by atoms with E-state index >= 15 is 0 Å². The van der Waals surface area contributed by atoms with Gasteiger partial charge in [-0.1, -0.05) is 0 Å². The number of rotatable bonds is 3. The van der Waals surface area contributed by atoms with Gasteiger partial charge in [-0.05, 0) is 50.1 Å². The highest BCUT2D eigenvalue weighted by Crippen LogP contribution is 2.33. The van der Waals surface area contributed by atoms with Gasteiger partial charge in [0.1, 0.15) is 17.8 Å². The minimum absolute atomic E-state index is 0. The fourth-order valence-electron chi connectivity index (χ4n) is 4.56. The number of benzene rings is 1. The SMILES string of the molecule is Cc1nc(N2CCOCC2)cc(-n2ncc3cc(C)c(C4CCNCC4F)cc32)n1.Cl. The summed E-state index contributed by atoms with van der Waals surface area (Å²) in [6.07, 6.45) is 1.78. The summed E-state index contributed by atoms with van der Waals surface area (Å²) in [5.74, 6) is 2.23. The van der Waals surface area contributed by atoms with E-state index in [1.54, 1.807) is 0 Å². The van der Waals surface area contributed by atoms with Crippen LogP contribution in [0, 0.1) is 13.8 Å². The summed E-state index contributed by atoms with van der Waals surface area (Å²) in [5, 5.41) is 8.79. The molecule has 5 rings (SSSR count). The number of piperidine rings is 1. The lowest BCUT2D eigenvalue weighted by Crippen LogP contribution is -2.37. The molecule has 3 aromatic rings. The third-order valence-electron chi connectivity index (χ3n) is 6.13. The van der Waals surface area contributed by atoms with Crippen molar-refractivity contribution in [3.05, 3.63) is 41.3 Å². The van der Waals surface area contributed by atoms with Crippen LogP contribution < -0.4 is 10.2 Å². The van der Waals surface area contributed by atoms with Crippen molar-refractivity contribution in [2.24, 2.45) is 0 Å². The first kappa shape index (κ1) is 21.9. The van der Waals surface area contributed by atoms with Gasteiger partial charge in [-0.15, -0.1) is 12.4 Å². The standard InChI is InChI=1S/C22H27FN6O.ClH/c1-14-9-16-12-25-29(20(16)10-18(14)17-3-4-24-13-19(17)23)22-11-21(26-15(2)27-22)28-5-7-30-8-6-28;/h9-12,17,19,24H,3-8,13H2,1-2H3;1H. The summed E-state index contributed by atoms with van der Waals surface area (Å²) in [6, 6.07) is 6.19. The van der Waals surface area contributed by atoms with Crippen LogP contribution in [0.2, 0.25) is 0 Å². The van der Waals surface area contributed by atoms with Gasteiger partial charge in [0.2, 0.25) is 0 Å². The number of aryl methyl sites for hydroxylation is 2. The Morgan fingerprint density at radius 3 is 2.65 bits per heavy atom. The highest BCUT2D eigenvalue weighted by molar-refractivity contribution is 5.85. The Bertz CT molecular complexity index is 1070. The Morgan fingerprint density at radius 1 is 1.10 bits per heavy atom. The molecule has 2 aliphatic rings. The largest absolute Gasteiger partial charge is 0.378 e. The number of hydrogen-bond donors (Lipinski definition) is 1. The van der Waals surface area contributed by atoms with E-state index in [9.17, 15) is 4.39 Å². The van der Waals surface area contributed by atoms with Gasteiger partial charge >= 0.3 is 0 Å². The average Bonchev–Trinajstić information content (AvgIpc) is 3.16. The number of nitrogens with zero attached hydrogens (tertiary/aromatic N) is 5. The number of nitrogens with one attached hydrogen (secondary N) is 1. The van der Waals surface area contributed by atoms with Crippen molar-refractivity contribution < 1.29 is 9.13 Å². The molecule has 0 radical (unpaired) electrons. The van der Waals surface area contributed by atoms with Gasteiger partial charge < -0.3 is 15.0 Å². The van der Waals surface area contributed by atoms with Crippen LogP contribution in [0.25, 0.3) is 16.7 Å². The zero-order valence-electron chi connectivity index (χ0n) is 17.8. The van der Waals surface area contributed by atoms with Crippen molar-refractivity contribution in [3.63, 3.8) is 0 Å². The summed E-state index contributed by atoms with van der Waals surface area (Å²) in [6.45, 7) is 8.24. The first-order chi connectivity index (χ1) is 14.6. The zero-order valence-corrected chi connectivity index (χ0v) is 18.7. The molecule has 7 nitrogen and oxygen atoms in total. The predicted octanol–water partition coefficient (Wildman–Crippen LogP) is 3.11. The Labute approximate surface area is 187 Å². The molecule has 2 aromatic heterocycles. The second-order valence-corrected chi connectivity index (χ2v) is 8.17. The molecule has 1 N–H and O–H groups in total. The number of morpholine rings is 1. The van der Waals surface area contributed by atoms with Crippen LogP contribution in [0.1, 0.15) is 29.3 Å². The van der Waals surface area contributed by atoms with Crippen LogP contribution in [-0.2, 0) is 4.74 Å². The van der Waals surface area contributed by atoms with E-state index < -0.39 is 6.17 Å². The fraction of sp³-hybridized carbons (Fsp3) is 0.500. The first-order valence-corrected chi connectivity index (χ1v) is 10.6. The fourth-order valence-corrected chi connectivity index (χ4v) is 4.56. The molecule has 0 bridgehead atoms. The van der Waals surface area contributed by atoms with E-state index in [1.807, 2.05) is 23.9 Å². The molecule has 0 spiro atoms. The van der Waals surface area contributed by atoms with Gasteiger partial charge in [-0.25, -0.2) is 19.0 Å². The predicted molar refractivity (Wildman–Crippen MR) is 122 cm³/mol. The van der Waals surface area contributed by atoms with Crippen LogP contribution in [0.3, 0.4) is 0 Å². The van der Waals surface area contributed by atoms with Gasteiger partial charge in [0.15, 0.2) is 5.82 Å². The molecule has 166 valence electrons. The average molecular weight is 447 g/mol. The van der Waals surface area contributed by atoms with E-state index in [4.69, 9.17) is 4.74 Å².